The minimum Gasteiger partial charge on any atom is -0.324 e. The Bertz CT molecular complexity index is 551. The Kier molecular flexibility index (Phi) is 4.56. The molecule has 3 heteroatoms. The summed E-state index contributed by atoms with van der Waals surface area (Å²) < 4.78 is 13.7. The number of halogens is 2. The first-order valence-corrected chi connectivity index (χ1v) is 6.76. The lowest BCUT2D eigenvalue weighted by Gasteiger charge is -2.13. The van der Waals surface area contributed by atoms with Crippen molar-refractivity contribution < 1.29 is 4.39 Å². The number of hydrogen-bond donors (Lipinski definition) is 1. The first-order chi connectivity index (χ1) is 9.10. The first-order valence-electron chi connectivity index (χ1n) is 6.38. The molecule has 0 aliphatic carbocycles. The number of benzene rings is 2. The van der Waals surface area contributed by atoms with Crippen molar-refractivity contribution in [3.8, 4) is 0 Å². The Labute approximate surface area is 118 Å². The first kappa shape index (κ1) is 14.0. The van der Waals surface area contributed by atoms with Crippen molar-refractivity contribution in [2.24, 2.45) is 5.73 Å². The van der Waals surface area contributed by atoms with Crippen LogP contribution in [0.25, 0.3) is 0 Å². The molecule has 0 heterocycles. The van der Waals surface area contributed by atoms with Crippen LogP contribution in [-0.2, 0) is 12.8 Å². The van der Waals surface area contributed by atoms with Gasteiger partial charge in [-0.3, -0.25) is 0 Å². The Hall–Kier alpha value is -1.38. The van der Waals surface area contributed by atoms with Crippen molar-refractivity contribution in [3.05, 3.63) is 70.0 Å². The zero-order chi connectivity index (χ0) is 13.8. The molecule has 0 aromatic heterocycles. The summed E-state index contributed by atoms with van der Waals surface area (Å²) in [6.45, 7) is 2.11. The zero-order valence-electron chi connectivity index (χ0n) is 10.9. The highest BCUT2D eigenvalue weighted by Crippen LogP contribution is 2.23. The van der Waals surface area contributed by atoms with Gasteiger partial charge in [0.2, 0.25) is 0 Å². The highest BCUT2D eigenvalue weighted by Gasteiger charge is 2.12. The van der Waals surface area contributed by atoms with Crippen LogP contribution in [0.2, 0.25) is 5.02 Å². The Morgan fingerprint density at radius 2 is 1.74 bits per heavy atom. The van der Waals surface area contributed by atoms with Gasteiger partial charge < -0.3 is 5.73 Å². The summed E-state index contributed by atoms with van der Waals surface area (Å²) in [5, 5.41) is 0.508. The third-order valence-corrected chi connectivity index (χ3v) is 3.48. The SMILES string of the molecule is CCc1ccc(CC(N)c2cc(Cl)ccc2F)cc1. The summed E-state index contributed by atoms with van der Waals surface area (Å²) in [5.74, 6) is -0.304. The molecule has 0 spiro atoms. The van der Waals surface area contributed by atoms with Crippen LogP contribution in [0.5, 0.6) is 0 Å². The molecule has 1 unspecified atom stereocenters. The van der Waals surface area contributed by atoms with Gasteiger partial charge in [-0.2, -0.15) is 0 Å². The molecule has 0 saturated carbocycles. The highest BCUT2D eigenvalue weighted by atomic mass is 35.5. The second-order valence-corrected chi connectivity index (χ2v) is 5.08. The second kappa shape index (κ2) is 6.18. The van der Waals surface area contributed by atoms with Crippen LogP contribution in [0, 0.1) is 5.82 Å². The largest absolute Gasteiger partial charge is 0.324 e. The fourth-order valence-electron chi connectivity index (χ4n) is 2.07. The van der Waals surface area contributed by atoms with Gasteiger partial charge in [0.15, 0.2) is 0 Å². The van der Waals surface area contributed by atoms with Gasteiger partial charge in [0.05, 0.1) is 0 Å². The van der Waals surface area contributed by atoms with Gasteiger partial charge in [-0.05, 0) is 42.2 Å². The van der Waals surface area contributed by atoms with E-state index in [0.717, 1.165) is 12.0 Å². The third-order valence-electron chi connectivity index (χ3n) is 3.24. The van der Waals surface area contributed by atoms with Crippen LogP contribution in [0.4, 0.5) is 4.39 Å². The van der Waals surface area contributed by atoms with E-state index >= 15 is 0 Å². The normalized spacial score (nSPS) is 12.4. The summed E-state index contributed by atoms with van der Waals surface area (Å²) in [6.07, 6.45) is 1.61. The van der Waals surface area contributed by atoms with Crippen molar-refractivity contribution in [3.63, 3.8) is 0 Å². The predicted octanol–water partition coefficient (Wildman–Crippen LogP) is 4.28. The number of rotatable bonds is 4. The minimum atomic E-state index is -0.383. The van der Waals surface area contributed by atoms with Gasteiger partial charge in [-0.1, -0.05) is 42.8 Å². The topological polar surface area (TPSA) is 26.0 Å². The van der Waals surface area contributed by atoms with E-state index in [1.54, 1.807) is 6.07 Å². The van der Waals surface area contributed by atoms with Gasteiger partial charge >= 0.3 is 0 Å². The molecular weight excluding hydrogens is 261 g/mol. The van der Waals surface area contributed by atoms with Crippen molar-refractivity contribution in [1.29, 1.82) is 0 Å². The standard InChI is InChI=1S/C16H17ClFN/c1-2-11-3-5-12(6-4-11)9-16(19)14-10-13(17)7-8-15(14)18/h3-8,10,16H,2,9,19H2,1H3. The number of hydrogen-bond acceptors (Lipinski definition) is 1. The van der Waals surface area contributed by atoms with E-state index in [9.17, 15) is 4.39 Å². The second-order valence-electron chi connectivity index (χ2n) is 4.65. The fraction of sp³-hybridized carbons (Fsp3) is 0.250. The van der Waals surface area contributed by atoms with Gasteiger partial charge in [0, 0.05) is 16.6 Å². The molecule has 0 fully saturated rings. The van der Waals surface area contributed by atoms with E-state index in [1.807, 2.05) is 12.1 Å². The lowest BCUT2D eigenvalue weighted by Crippen LogP contribution is -2.15. The highest BCUT2D eigenvalue weighted by molar-refractivity contribution is 6.30. The summed E-state index contributed by atoms with van der Waals surface area (Å²) in [6, 6.07) is 12.4. The van der Waals surface area contributed by atoms with Gasteiger partial charge in [0.25, 0.3) is 0 Å². The van der Waals surface area contributed by atoms with Crippen LogP contribution >= 0.6 is 11.6 Å². The van der Waals surface area contributed by atoms with Crippen LogP contribution < -0.4 is 5.73 Å². The molecule has 1 nitrogen and oxygen atoms in total. The molecule has 1 atom stereocenters. The molecule has 0 radical (unpaired) electrons. The fourth-order valence-corrected chi connectivity index (χ4v) is 2.25. The van der Waals surface area contributed by atoms with Gasteiger partial charge in [-0.25, -0.2) is 4.39 Å². The van der Waals surface area contributed by atoms with Crippen molar-refractivity contribution in [2.45, 2.75) is 25.8 Å². The molecule has 19 heavy (non-hydrogen) atoms. The molecule has 0 aliphatic heterocycles. The summed E-state index contributed by atoms with van der Waals surface area (Å²) in [4.78, 5) is 0. The van der Waals surface area contributed by atoms with Gasteiger partial charge in [-0.15, -0.1) is 0 Å². The summed E-state index contributed by atoms with van der Waals surface area (Å²) in [7, 11) is 0. The van der Waals surface area contributed by atoms with E-state index in [1.165, 1.54) is 17.7 Å². The number of nitrogens with two attached hydrogens (primary N) is 1. The molecular formula is C16H17ClFN. The van der Waals surface area contributed by atoms with Crippen LogP contribution in [0.1, 0.15) is 29.7 Å². The van der Waals surface area contributed by atoms with Crippen LogP contribution in [0.15, 0.2) is 42.5 Å². The molecule has 2 N–H and O–H groups in total. The van der Waals surface area contributed by atoms with E-state index in [-0.39, 0.29) is 11.9 Å². The predicted molar refractivity (Wildman–Crippen MR) is 77.9 cm³/mol. The van der Waals surface area contributed by atoms with E-state index in [0.29, 0.717) is 17.0 Å². The molecule has 0 amide bonds. The van der Waals surface area contributed by atoms with Crippen LogP contribution in [-0.4, -0.2) is 0 Å². The molecule has 2 rings (SSSR count). The minimum absolute atomic E-state index is 0.304. The van der Waals surface area contributed by atoms with E-state index < -0.39 is 0 Å². The summed E-state index contributed by atoms with van der Waals surface area (Å²) >= 11 is 5.88. The monoisotopic (exact) mass is 277 g/mol. The molecule has 2 aromatic carbocycles. The van der Waals surface area contributed by atoms with Crippen molar-refractivity contribution >= 4 is 11.6 Å². The van der Waals surface area contributed by atoms with E-state index in [4.69, 9.17) is 17.3 Å². The maximum absolute atomic E-state index is 13.7. The molecule has 100 valence electrons. The summed E-state index contributed by atoms with van der Waals surface area (Å²) in [5.41, 5.74) is 8.92. The maximum Gasteiger partial charge on any atom is 0.128 e. The quantitative estimate of drug-likeness (QED) is 0.887. The Morgan fingerprint density at radius 1 is 1.11 bits per heavy atom. The maximum atomic E-state index is 13.7. The van der Waals surface area contributed by atoms with E-state index in [2.05, 4.69) is 19.1 Å². The van der Waals surface area contributed by atoms with Crippen LogP contribution in [0.3, 0.4) is 0 Å². The average molecular weight is 278 g/mol. The molecule has 0 saturated heterocycles. The third kappa shape index (κ3) is 3.55. The lowest BCUT2D eigenvalue weighted by molar-refractivity contribution is 0.580. The smallest absolute Gasteiger partial charge is 0.128 e. The van der Waals surface area contributed by atoms with Crippen molar-refractivity contribution in [1.82, 2.24) is 0 Å². The average Bonchev–Trinajstić information content (AvgIpc) is 2.42. The molecule has 0 aliphatic rings. The lowest BCUT2D eigenvalue weighted by atomic mass is 9.98. The molecule has 2 aromatic rings. The van der Waals surface area contributed by atoms with Crippen molar-refractivity contribution in [2.75, 3.05) is 0 Å². The molecule has 0 bridgehead atoms. The zero-order valence-corrected chi connectivity index (χ0v) is 11.6. The van der Waals surface area contributed by atoms with Gasteiger partial charge in [0.1, 0.15) is 5.82 Å². The Morgan fingerprint density at radius 3 is 2.37 bits per heavy atom. The number of aryl methyl sites for hydroxylation is 1. The Balaban J connectivity index is 2.15.